The van der Waals surface area contributed by atoms with Gasteiger partial charge in [-0.05, 0) is 43.9 Å². The van der Waals surface area contributed by atoms with Gasteiger partial charge in [0.25, 0.3) is 0 Å². The second-order valence-corrected chi connectivity index (χ2v) is 5.09. The Balaban J connectivity index is 2.08. The van der Waals surface area contributed by atoms with E-state index in [2.05, 4.69) is 0 Å². The summed E-state index contributed by atoms with van der Waals surface area (Å²) in [7, 11) is 0. The smallest absolute Gasteiger partial charge is 0.337 e. The number of carbonyl (C=O) groups is 1. The highest BCUT2D eigenvalue weighted by Gasteiger charge is 2.15. The summed E-state index contributed by atoms with van der Waals surface area (Å²) in [6.07, 6.45) is 7.20. The monoisotopic (exact) mass is 268 g/mol. The van der Waals surface area contributed by atoms with E-state index < -0.39 is 5.97 Å². The van der Waals surface area contributed by atoms with Crippen LogP contribution in [0.25, 0.3) is 0 Å². The average Bonchev–Trinajstić information content (AvgIpc) is 2.60. The van der Waals surface area contributed by atoms with Crippen LogP contribution < -0.4 is 4.74 Å². The van der Waals surface area contributed by atoms with E-state index in [1.54, 1.807) is 12.1 Å². The van der Waals surface area contributed by atoms with Crippen LogP contribution in [0.15, 0.2) is 18.2 Å². The predicted molar refractivity (Wildman–Crippen MR) is 70.5 cm³/mol. The Morgan fingerprint density at radius 2 is 1.89 bits per heavy atom. The lowest BCUT2D eigenvalue weighted by Gasteiger charge is -2.17. The van der Waals surface area contributed by atoms with Gasteiger partial charge in [0.15, 0.2) is 0 Å². The summed E-state index contributed by atoms with van der Waals surface area (Å²) in [4.78, 5) is 11.0. The molecule has 2 rings (SSSR count). The van der Waals surface area contributed by atoms with Crippen LogP contribution in [-0.2, 0) is 0 Å². The van der Waals surface area contributed by atoms with Crippen LogP contribution in [0.3, 0.4) is 0 Å². The normalized spacial score (nSPS) is 17.2. The highest BCUT2D eigenvalue weighted by molar-refractivity contribution is 6.33. The molecule has 0 amide bonds. The second-order valence-electron chi connectivity index (χ2n) is 4.68. The van der Waals surface area contributed by atoms with Gasteiger partial charge in [0.05, 0.1) is 16.7 Å². The molecular formula is C14H17ClO3. The fraction of sp³-hybridized carbons (Fsp3) is 0.500. The molecule has 98 valence electrons. The quantitative estimate of drug-likeness (QED) is 0.838. The van der Waals surface area contributed by atoms with E-state index in [1.165, 1.54) is 31.7 Å². The maximum Gasteiger partial charge on any atom is 0.337 e. The Morgan fingerprint density at radius 1 is 1.22 bits per heavy atom. The number of ether oxygens (including phenoxy) is 1. The van der Waals surface area contributed by atoms with Gasteiger partial charge in [-0.1, -0.05) is 24.4 Å². The number of hydrogen-bond acceptors (Lipinski definition) is 2. The molecule has 1 aromatic rings. The van der Waals surface area contributed by atoms with Crippen molar-refractivity contribution < 1.29 is 14.6 Å². The molecule has 18 heavy (non-hydrogen) atoms. The van der Waals surface area contributed by atoms with Gasteiger partial charge >= 0.3 is 5.97 Å². The number of rotatable bonds is 3. The minimum absolute atomic E-state index is 0.0998. The summed E-state index contributed by atoms with van der Waals surface area (Å²) >= 11 is 5.82. The average molecular weight is 269 g/mol. The van der Waals surface area contributed by atoms with Crippen molar-refractivity contribution in [3.05, 3.63) is 28.8 Å². The first-order chi connectivity index (χ1) is 8.66. The molecule has 0 bridgehead atoms. The second kappa shape index (κ2) is 6.10. The van der Waals surface area contributed by atoms with Crippen molar-refractivity contribution in [2.45, 2.75) is 44.6 Å². The number of halogens is 1. The molecule has 0 unspecified atom stereocenters. The number of benzene rings is 1. The lowest BCUT2D eigenvalue weighted by Crippen LogP contribution is -2.15. The molecule has 1 N–H and O–H groups in total. The Labute approximate surface area is 112 Å². The maximum absolute atomic E-state index is 11.0. The van der Waals surface area contributed by atoms with Crippen LogP contribution in [0.1, 0.15) is 48.9 Å². The minimum Gasteiger partial charge on any atom is -0.490 e. The number of carboxylic acids is 1. The van der Waals surface area contributed by atoms with Crippen LogP contribution in [0.5, 0.6) is 5.75 Å². The molecule has 1 saturated carbocycles. The fourth-order valence-corrected chi connectivity index (χ4v) is 2.49. The molecule has 0 atom stereocenters. The van der Waals surface area contributed by atoms with Crippen LogP contribution in [0, 0.1) is 0 Å². The highest BCUT2D eigenvalue weighted by atomic mass is 35.5. The van der Waals surface area contributed by atoms with E-state index in [4.69, 9.17) is 21.4 Å². The first kappa shape index (κ1) is 13.2. The largest absolute Gasteiger partial charge is 0.490 e. The third kappa shape index (κ3) is 3.39. The van der Waals surface area contributed by atoms with Crippen LogP contribution in [-0.4, -0.2) is 17.2 Å². The highest BCUT2D eigenvalue weighted by Crippen LogP contribution is 2.26. The van der Waals surface area contributed by atoms with E-state index >= 15 is 0 Å². The lowest BCUT2D eigenvalue weighted by molar-refractivity contribution is 0.0696. The Bertz CT molecular complexity index is 423. The van der Waals surface area contributed by atoms with E-state index in [9.17, 15) is 4.79 Å². The van der Waals surface area contributed by atoms with Gasteiger partial charge in [-0.15, -0.1) is 0 Å². The topological polar surface area (TPSA) is 46.5 Å². The molecular weight excluding hydrogens is 252 g/mol. The summed E-state index contributed by atoms with van der Waals surface area (Å²) in [5.74, 6) is -0.421. The summed E-state index contributed by atoms with van der Waals surface area (Å²) in [5, 5.41) is 9.25. The Morgan fingerprint density at radius 3 is 2.50 bits per heavy atom. The number of aromatic carboxylic acids is 1. The molecule has 0 aromatic heterocycles. The Hall–Kier alpha value is -1.22. The summed E-state index contributed by atoms with van der Waals surface area (Å²) in [6.45, 7) is 0. The zero-order chi connectivity index (χ0) is 13.0. The zero-order valence-corrected chi connectivity index (χ0v) is 10.9. The van der Waals surface area contributed by atoms with Gasteiger partial charge < -0.3 is 9.84 Å². The molecule has 1 aliphatic carbocycles. The molecule has 0 heterocycles. The molecule has 1 aromatic carbocycles. The van der Waals surface area contributed by atoms with E-state index in [0.717, 1.165) is 12.8 Å². The van der Waals surface area contributed by atoms with Gasteiger partial charge in [-0.2, -0.15) is 0 Å². The summed E-state index contributed by atoms with van der Waals surface area (Å²) < 4.78 is 5.86. The van der Waals surface area contributed by atoms with Crippen molar-refractivity contribution in [3.8, 4) is 5.75 Å². The van der Waals surface area contributed by atoms with Crippen LogP contribution in [0.4, 0.5) is 0 Å². The van der Waals surface area contributed by atoms with Gasteiger partial charge in [0.2, 0.25) is 0 Å². The van der Waals surface area contributed by atoms with Gasteiger partial charge in [0, 0.05) is 0 Å². The minimum atomic E-state index is -1.02. The first-order valence-corrected chi connectivity index (χ1v) is 6.74. The van der Waals surface area contributed by atoms with Crippen molar-refractivity contribution in [2.24, 2.45) is 0 Å². The molecule has 0 saturated heterocycles. The van der Waals surface area contributed by atoms with E-state index in [1.807, 2.05) is 0 Å². The van der Waals surface area contributed by atoms with E-state index in [-0.39, 0.29) is 16.7 Å². The fourth-order valence-electron chi connectivity index (χ4n) is 2.29. The predicted octanol–water partition coefficient (Wildman–Crippen LogP) is 4.14. The molecule has 1 fully saturated rings. The number of hydrogen-bond donors (Lipinski definition) is 1. The van der Waals surface area contributed by atoms with Gasteiger partial charge in [-0.3, -0.25) is 0 Å². The first-order valence-electron chi connectivity index (χ1n) is 6.36. The third-order valence-corrected chi connectivity index (χ3v) is 3.60. The van der Waals surface area contributed by atoms with Gasteiger partial charge in [0.1, 0.15) is 5.75 Å². The van der Waals surface area contributed by atoms with Crippen molar-refractivity contribution in [1.82, 2.24) is 0 Å². The SMILES string of the molecule is O=C(O)c1cc(OC2CCCCCC2)ccc1Cl. The summed E-state index contributed by atoms with van der Waals surface area (Å²) in [5.41, 5.74) is 0.0998. The molecule has 4 heteroatoms. The molecule has 1 aliphatic rings. The number of carboxylic acid groups (broad SMARTS) is 1. The van der Waals surface area contributed by atoms with Crippen LogP contribution >= 0.6 is 11.6 Å². The van der Waals surface area contributed by atoms with Crippen molar-refractivity contribution in [1.29, 1.82) is 0 Å². The maximum atomic E-state index is 11.0. The molecule has 0 radical (unpaired) electrons. The van der Waals surface area contributed by atoms with Crippen molar-refractivity contribution >= 4 is 17.6 Å². The van der Waals surface area contributed by atoms with Crippen molar-refractivity contribution in [2.75, 3.05) is 0 Å². The lowest BCUT2D eigenvalue weighted by atomic mass is 10.1. The van der Waals surface area contributed by atoms with Gasteiger partial charge in [-0.25, -0.2) is 4.79 Å². The zero-order valence-electron chi connectivity index (χ0n) is 10.2. The molecule has 0 aliphatic heterocycles. The standard InChI is InChI=1S/C14H17ClO3/c15-13-8-7-11(9-12(13)14(16)17)18-10-5-3-1-2-4-6-10/h7-10H,1-6H2,(H,16,17). The molecule has 3 nitrogen and oxygen atoms in total. The van der Waals surface area contributed by atoms with Crippen molar-refractivity contribution in [3.63, 3.8) is 0 Å². The Kier molecular flexibility index (Phi) is 4.48. The third-order valence-electron chi connectivity index (χ3n) is 3.27. The summed E-state index contributed by atoms with van der Waals surface area (Å²) in [6, 6.07) is 4.83. The molecule has 0 spiro atoms. The van der Waals surface area contributed by atoms with E-state index in [0.29, 0.717) is 5.75 Å². The van der Waals surface area contributed by atoms with Crippen LogP contribution in [0.2, 0.25) is 5.02 Å².